The lowest BCUT2D eigenvalue weighted by Gasteiger charge is -2.23. The molecule has 1 amide bonds. The first-order valence-electron chi connectivity index (χ1n) is 8.42. The van der Waals surface area contributed by atoms with Crippen LogP contribution in [0.25, 0.3) is 0 Å². The molecular weight excluding hydrogens is 387 g/mol. The van der Waals surface area contributed by atoms with Crippen molar-refractivity contribution in [3.63, 3.8) is 0 Å². The highest BCUT2D eigenvalue weighted by molar-refractivity contribution is 7.94. The molecule has 0 saturated carbocycles. The number of anilines is 2. The van der Waals surface area contributed by atoms with E-state index >= 15 is 0 Å². The van der Waals surface area contributed by atoms with Gasteiger partial charge in [0.15, 0.2) is 0 Å². The summed E-state index contributed by atoms with van der Waals surface area (Å²) in [6, 6.07) is 10.6. The maximum Gasteiger partial charge on any atom is 0.491 e. The van der Waals surface area contributed by atoms with Crippen molar-refractivity contribution in [1.82, 2.24) is 0 Å². The summed E-state index contributed by atoms with van der Waals surface area (Å²) in [7, 11) is -4.08. The molecule has 2 aromatic rings. The van der Waals surface area contributed by atoms with Gasteiger partial charge in [-0.25, -0.2) is 4.79 Å². The molecule has 148 valence electrons. The largest absolute Gasteiger partial charge is 0.497 e. The highest BCUT2D eigenvalue weighted by atomic mass is 32.2. The summed E-state index contributed by atoms with van der Waals surface area (Å²) >= 11 is 0. The van der Waals surface area contributed by atoms with E-state index in [1.54, 1.807) is 25.1 Å². The highest BCUT2D eigenvalue weighted by Crippen LogP contribution is 2.26. The van der Waals surface area contributed by atoms with Gasteiger partial charge in [0.25, 0.3) is 0 Å². The van der Waals surface area contributed by atoms with Crippen LogP contribution in [-0.2, 0) is 26.2 Å². The number of amides is 1. The fourth-order valence-corrected chi connectivity index (χ4v) is 3.89. The lowest BCUT2D eigenvalue weighted by molar-refractivity contribution is 0.164. The quantitative estimate of drug-likeness (QED) is 0.694. The van der Waals surface area contributed by atoms with Crippen LogP contribution in [0.4, 0.5) is 16.2 Å². The molecule has 0 unspecified atom stereocenters. The van der Waals surface area contributed by atoms with Crippen LogP contribution in [0.3, 0.4) is 0 Å². The molecule has 0 spiro atoms. The van der Waals surface area contributed by atoms with Gasteiger partial charge >= 0.3 is 23.4 Å². The van der Waals surface area contributed by atoms with E-state index in [9.17, 15) is 18.2 Å². The molecule has 0 atom stereocenters. The minimum atomic E-state index is -4.38. The van der Waals surface area contributed by atoms with Gasteiger partial charge in [0.1, 0.15) is 5.75 Å². The maximum atomic E-state index is 13.0. The van der Waals surface area contributed by atoms with Crippen LogP contribution >= 0.6 is 0 Å². The van der Waals surface area contributed by atoms with Crippen molar-refractivity contribution in [2.45, 2.75) is 13.5 Å². The Morgan fingerprint density at radius 1 is 1.32 bits per heavy atom. The number of hydrogen-bond acceptors (Lipinski definition) is 7. The normalized spacial score (nSPS) is 13.0. The Balaban J connectivity index is 1.96. The van der Waals surface area contributed by atoms with Crippen molar-refractivity contribution in [2.75, 3.05) is 22.7 Å². The SMILES string of the molecule is CCOC(=O)N(c1cccc(OC)c1)S(=O)(=O)Nc1ccc2c(c1)B(O)OC2. The van der Waals surface area contributed by atoms with Gasteiger partial charge in [-0.2, -0.15) is 12.7 Å². The third-order valence-electron chi connectivity index (χ3n) is 4.02. The van der Waals surface area contributed by atoms with Crippen molar-refractivity contribution in [3.05, 3.63) is 48.0 Å². The first-order valence-corrected chi connectivity index (χ1v) is 9.86. The number of nitrogens with zero attached hydrogens (tertiary/aromatic N) is 1. The Bertz CT molecular complexity index is 983. The molecule has 2 aromatic carbocycles. The second kappa shape index (κ2) is 8.09. The van der Waals surface area contributed by atoms with Crippen LogP contribution in [0.5, 0.6) is 5.75 Å². The topological polar surface area (TPSA) is 114 Å². The molecule has 0 fully saturated rings. The number of rotatable bonds is 6. The molecule has 0 bridgehead atoms. The first-order chi connectivity index (χ1) is 13.4. The molecule has 1 aliphatic rings. The number of benzene rings is 2. The zero-order chi connectivity index (χ0) is 20.3. The number of ether oxygens (including phenoxy) is 2. The summed E-state index contributed by atoms with van der Waals surface area (Å²) in [6.07, 6.45) is -1.06. The highest BCUT2D eigenvalue weighted by Gasteiger charge is 2.32. The zero-order valence-electron chi connectivity index (χ0n) is 15.3. The number of hydrogen-bond donors (Lipinski definition) is 2. The van der Waals surface area contributed by atoms with Crippen LogP contribution in [0.15, 0.2) is 42.5 Å². The van der Waals surface area contributed by atoms with E-state index in [0.717, 1.165) is 5.56 Å². The smallest absolute Gasteiger partial charge is 0.491 e. The van der Waals surface area contributed by atoms with Crippen LogP contribution in [0.2, 0.25) is 0 Å². The molecule has 1 aliphatic heterocycles. The number of carbonyl (C=O) groups excluding carboxylic acids is 1. The molecule has 28 heavy (non-hydrogen) atoms. The Labute approximate surface area is 163 Å². The van der Waals surface area contributed by atoms with Crippen molar-refractivity contribution >= 4 is 40.3 Å². The molecule has 9 nitrogen and oxygen atoms in total. The van der Waals surface area contributed by atoms with Crippen LogP contribution in [0.1, 0.15) is 12.5 Å². The lowest BCUT2D eigenvalue weighted by Crippen LogP contribution is -2.41. The fraction of sp³-hybridized carbons (Fsp3) is 0.235. The second-order valence-electron chi connectivity index (χ2n) is 5.85. The number of carbonyl (C=O) groups is 1. The Morgan fingerprint density at radius 3 is 2.82 bits per heavy atom. The van der Waals surface area contributed by atoms with Gasteiger partial charge in [-0.3, -0.25) is 4.72 Å². The first kappa shape index (κ1) is 20.0. The average Bonchev–Trinajstić information content (AvgIpc) is 3.02. The van der Waals surface area contributed by atoms with E-state index in [0.29, 0.717) is 15.5 Å². The summed E-state index contributed by atoms with van der Waals surface area (Å²) in [5, 5.41) is 9.81. The van der Waals surface area contributed by atoms with E-state index in [4.69, 9.17) is 14.1 Å². The fourth-order valence-electron chi connectivity index (χ4n) is 2.73. The van der Waals surface area contributed by atoms with Crippen LogP contribution in [-0.4, -0.2) is 40.4 Å². The van der Waals surface area contributed by atoms with E-state index < -0.39 is 23.4 Å². The molecule has 1 heterocycles. The maximum absolute atomic E-state index is 13.0. The Kier molecular flexibility index (Phi) is 5.77. The molecule has 0 radical (unpaired) electrons. The van der Waals surface area contributed by atoms with Gasteiger partial charge in [-0.05, 0) is 42.2 Å². The predicted molar refractivity (Wildman–Crippen MR) is 104 cm³/mol. The number of fused-ring (bicyclic) bond motifs is 1. The van der Waals surface area contributed by atoms with Gasteiger partial charge in [0, 0.05) is 11.8 Å². The standard InChI is InChI=1S/C17H19BN2O7S/c1-3-26-17(21)20(14-5-4-6-15(10-14)25-2)28(23,24)19-13-8-7-12-11-27-18(22)16(12)9-13/h4-10,19,22H,3,11H2,1-2H3. The van der Waals surface area contributed by atoms with Crippen molar-refractivity contribution in [1.29, 1.82) is 0 Å². The van der Waals surface area contributed by atoms with Crippen molar-refractivity contribution < 1.29 is 32.4 Å². The van der Waals surface area contributed by atoms with Gasteiger partial charge in [-0.15, -0.1) is 0 Å². The Morgan fingerprint density at radius 2 is 2.11 bits per heavy atom. The number of methoxy groups -OCH3 is 1. The summed E-state index contributed by atoms with van der Waals surface area (Å²) in [6.45, 7) is 1.81. The second-order valence-corrected chi connectivity index (χ2v) is 7.37. The molecule has 0 saturated heterocycles. The predicted octanol–water partition coefficient (Wildman–Crippen LogP) is 1.23. The van der Waals surface area contributed by atoms with Gasteiger partial charge in [0.2, 0.25) is 0 Å². The van der Waals surface area contributed by atoms with E-state index in [-0.39, 0.29) is 24.6 Å². The minimum Gasteiger partial charge on any atom is -0.497 e. The number of nitrogens with one attached hydrogen (secondary N) is 1. The molecule has 11 heteroatoms. The van der Waals surface area contributed by atoms with Gasteiger partial charge in [0.05, 0.1) is 26.0 Å². The van der Waals surface area contributed by atoms with Crippen LogP contribution < -0.4 is 19.2 Å². The van der Waals surface area contributed by atoms with Crippen molar-refractivity contribution in [3.8, 4) is 5.75 Å². The third-order valence-corrected chi connectivity index (χ3v) is 5.35. The summed E-state index contributed by atoms with van der Waals surface area (Å²) in [5.41, 5.74) is 1.44. The average molecular weight is 406 g/mol. The summed E-state index contributed by atoms with van der Waals surface area (Å²) < 4.78 is 43.9. The summed E-state index contributed by atoms with van der Waals surface area (Å²) in [5.74, 6) is 0.375. The summed E-state index contributed by atoms with van der Waals surface area (Å²) in [4.78, 5) is 12.4. The van der Waals surface area contributed by atoms with Crippen LogP contribution in [0, 0.1) is 0 Å². The third kappa shape index (κ3) is 4.06. The lowest BCUT2D eigenvalue weighted by atomic mass is 9.79. The van der Waals surface area contributed by atoms with Gasteiger partial charge in [-0.1, -0.05) is 12.1 Å². The zero-order valence-corrected chi connectivity index (χ0v) is 16.1. The van der Waals surface area contributed by atoms with E-state index in [1.807, 2.05) is 0 Å². The molecule has 0 aliphatic carbocycles. The van der Waals surface area contributed by atoms with Gasteiger partial charge < -0.3 is 19.2 Å². The molecular formula is C17H19BN2O7S. The molecule has 2 N–H and O–H groups in total. The molecule has 3 rings (SSSR count). The molecule has 0 aromatic heterocycles. The monoisotopic (exact) mass is 406 g/mol. The van der Waals surface area contributed by atoms with E-state index in [1.165, 1.54) is 31.4 Å². The Hall–Kier alpha value is -2.76. The van der Waals surface area contributed by atoms with Crippen molar-refractivity contribution in [2.24, 2.45) is 0 Å². The van der Waals surface area contributed by atoms with E-state index in [2.05, 4.69) is 4.72 Å². The minimum absolute atomic E-state index is 0.00278.